The van der Waals surface area contributed by atoms with Crippen LogP contribution in [-0.4, -0.2) is 37.5 Å². The number of pyridine rings is 1. The standard InChI is InChI=1S/C10H8F2N4O2/c11-7(12)5-16-9(6-3-1-2-4-13-6)8(10(17)18)14-15-16/h1-4,7H,5H2,(H,17,18). The molecule has 8 heteroatoms. The van der Waals surface area contributed by atoms with E-state index in [0.717, 1.165) is 4.68 Å². The number of aromatic nitrogens is 4. The highest BCUT2D eigenvalue weighted by Gasteiger charge is 2.22. The Balaban J connectivity index is 2.54. The Kier molecular flexibility index (Phi) is 3.26. The van der Waals surface area contributed by atoms with E-state index in [0.29, 0.717) is 0 Å². The van der Waals surface area contributed by atoms with E-state index in [9.17, 15) is 13.6 Å². The number of aromatic carboxylic acids is 1. The van der Waals surface area contributed by atoms with Crippen molar-refractivity contribution >= 4 is 5.97 Å². The summed E-state index contributed by atoms with van der Waals surface area (Å²) in [6.07, 6.45) is -1.23. The summed E-state index contributed by atoms with van der Waals surface area (Å²) in [5.41, 5.74) is -0.182. The maximum absolute atomic E-state index is 12.4. The Morgan fingerprint density at radius 2 is 2.22 bits per heavy atom. The van der Waals surface area contributed by atoms with Gasteiger partial charge in [0.1, 0.15) is 12.2 Å². The van der Waals surface area contributed by atoms with Crippen LogP contribution in [-0.2, 0) is 6.54 Å². The lowest BCUT2D eigenvalue weighted by atomic mass is 10.2. The van der Waals surface area contributed by atoms with Crippen LogP contribution in [0.1, 0.15) is 10.5 Å². The van der Waals surface area contributed by atoms with Gasteiger partial charge in [0.05, 0.1) is 5.69 Å². The third-order valence-corrected chi connectivity index (χ3v) is 2.16. The van der Waals surface area contributed by atoms with Crippen molar-refractivity contribution in [3.63, 3.8) is 0 Å². The van der Waals surface area contributed by atoms with E-state index in [1.54, 1.807) is 12.1 Å². The van der Waals surface area contributed by atoms with Gasteiger partial charge in [0.15, 0.2) is 5.69 Å². The molecular weight excluding hydrogens is 246 g/mol. The quantitative estimate of drug-likeness (QED) is 0.889. The molecule has 0 saturated heterocycles. The highest BCUT2D eigenvalue weighted by atomic mass is 19.3. The number of carboxylic acids is 1. The molecule has 0 radical (unpaired) electrons. The first-order valence-corrected chi connectivity index (χ1v) is 4.96. The van der Waals surface area contributed by atoms with Crippen molar-refractivity contribution in [1.29, 1.82) is 0 Å². The van der Waals surface area contributed by atoms with Crippen molar-refractivity contribution < 1.29 is 18.7 Å². The largest absolute Gasteiger partial charge is 0.476 e. The van der Waals surface area contributed by atoms with Gasteiger partial charge in [-0.2, -0.15) is 0 Å². The van der Waals surface area contributed by atoms with Crippen LogP contribution in [0, 0.1) is 0 Å². The zero-order valence-corrected chi connectivity index (χ0v) is 8.99. The second-order valence-electron chi connectivity index (χ2n) is 3.38. The first-order valence-electron chi connectivity index (χ1n) is 4.96. The maximum Gasteiger partial charge on any atom is 0.358 e. The van der Waals surface area contributed by atoms with Gasteiger partial charge in [-0.05, 0) is 12.1 Å². The molecule has 18 heavy (non-hydrogen) atoms. The minimum Gasteiger partial charge on any atom is -0.476 e. The van der Waals surface area contributed by atoms with Gasteiger partial charge in [-0.3, -0.25) is 4.98 Å². The van der Waals surface area contributed by atoms with E-state index in [4.69, 9.17) is 5.11 Å². The molecule has 0 saturated carbocycles. The number of alkyl halides is 2. The van der Waals surface area contributed by atoms with E-state index < -0.39 is 24.6 Å². The van der Waals surface area contributed by atoms with Crippen LogP contribution in [0.3, 0.4) is 0 Å². The summed E-state index contributed by atoms with van der Waals surface area (Å²) in [4.78, 5) is 14.9. The second-order valence-corrected chi connectivity index (χ2v) is 3.38. The molecule has 2 aromatic heterocycles. The summed E-state index contributed by atoms with van der Waals surface area (Å²) in [5.74, 6) is -1.34. The minimum absolute atomic E-state index is 0.0246. The molecule has 0 fully saturated rings. The highest BCUT2D eigenvalue weighted by molar-refractivity contribution is 5.92. The van der Waals surface area contributed by atoms with Gasteiger partial charge >= 0.3 is 5.97 Å². The monoisotopic (exact) mass is 254 g/mol. The van der Waals surface area contributed by atoms with E-state index in [-0.39, 0.29) is 11.4 Å². The van der Waals surface area contributed by atoms with Crippen LogP contribution >= 0.6 is 0 Å². The van der Waals surface area contributed by atoms with Crippen LogP contribution in [0.5, 0.6) is 0 Å². The number of hydrogen-bond donors (Lipinski definition) is 1. The zero-order valence-electron chi connectivity index (χ0n) is 8.99. The maximum atomic E-state index is 12.4. The van der Waals surface area contributed by atoms with Crippen molar-refractivity contribution in [1.82, 2.24) is 20.0 Å². The number of hydrogen-bond acceptors (Lipinski definition) is 4. The Morgan fingerprint density at radius 1 is 1.44 bits per heavy atom. The Bertz CT molecular complexity index is 556. The van der Waals surface area contributed by atoms with E-state index >= 15 is 0 Å². The molecule has 2 aromatic rings. The molecule has 2 rings (SSSR count). The van der Waals surface area contributed by atoms with E-state index in [2.05, 4.69) is 15.3 Å². The number of nitrogens with zero attached hydrogens (tertiary/aromatic N) is 4. The zero-order chi connectivity index (χ0) is 13.1. The summed E-state index contributed by atoms with van der Waals surface area (Å²) in [5, 5.41) is 15.7. The Labute approximate surface area is 99.9 Å². The molecule has 0 atom stereocenters. The van der Waals surface area contributed by atoms with E-state index in [1.165, 1.54) is 12.3 Å². The van der Waals surface area contributed by atoms with Gasteiger partial charge in [-0.15, -0.1) is 5.10 Å². The van der Waals surface area contributed by atoms with Gasteiger partial charge in [-0.25, -0.2) is 18.3 Å². The van der Waals surface area contributed by atoms with Crippen LogP contribution in [0.2, 0.25) is 0 Å². The highest BCUT2D eigenvalue weighted by Crippen LogP contribution is 2.20. The van der Waals surface area contributed by atoms with Crippen LogP contribution in [0.4, 0.5) is 8.78 Å². The van der Waals surface area contributed by atoms with Crippen LogP contribution in [0.15, 0.2) is 24.4 Å². The third kappa shape index (κ3) is 2.31. The number of rotatable bonds is 4. The van der Waals surface area contributed by atoms with Crippen molar-refractivity contribution in [3.05, 3.63) is 30.1 Å². The average molecular weight is 254 g/mol. The molecule has 1 N–H and O–H groups in total. The van der Waals surface area contributed by atoms with Gasteiger partial charge in [0, 0.05) is 6.20 Å². The van der Waals surface area contributed by atoms with Crippen molar-refractivity contribution in [2.75, 3.05) is 0 Å². The fourth-order valence-corrected chi connectivity index (χ4v) is 1.47. The molecule has 0 amide bonds. The molecule has 0 unspecified atom stereocenters. The van der Waals surface area contributed by atoms with Gasteiger partial charge in [-0.1, -0.05) is 11.3 Å². The van der Waals surface area contributed by atoms with Gasteiger partial charge in [0.2, 0.25) is 0 Å². The van der Waals surface area contributed by atoms with Crippen LogP contribution in [0.25, 0.3) is 11.4 Å². The molecule has 94 valence electrons. The molecule has 6 nitrogen and oxygen atoms in total. The Morgan fingerprint density at radius 3 is 2.78 bits per heavy atom. The lowest BCUT2D eigenvalue weighted by Gasteiger charge is -2.05. The molecule has 0 aliphatic carbocycles. The summed E-state index contributed by atoms with van der Waals surface area (Å²) in [6, 6.07) is 4.76. The Hall–Kier alpha value is -2.38. The fraction of sp³-hybridized carbons (Fsp3) is 0.200. The third-order valence-electron chi connectivity index (χ3n) is 2.16. The number of carboxylic acid groups (broad SMARTS) is 1. The predicted molar refractivity (Wildman–Crippen MR) is 56.2 cm³/mol. The summed E-state index contributed by atoms with van der Waals surface area (Å²) < 4.78 is 25.6. The normalized spacial score (nSPS) is 10.8. The first-order chi connectivity index (χ1) is 8.59. The van der Waals surface area contributed by atoms with Gasteiger partial charge in [0.25, 0.3) is 6.43 Å². The van der Waals surface area contributed by atoms with Gasteiger partial charge < -0.3 is 5.11 Å². The molecule has 0 aromatic carbocycles. The average Bonchev–Trinajstić information content (AvgIpc) is 2.73. The van der Waals surface area contributed by atoms with Crippen molar-refractivity contribution in [2.24, 2.45) is 0 Å². The lowest BCUT2D eigenvalue weighted by molar-refractivity contribution is 0.0691. The molecule has 0 bridgehead atoms. The molecule has 2 heterocycles. The molecule has 0 spiro atoms. The number of carbonyl (C=O) groups is 1. The smallest absolute Gasteiger partial charge is 0.358 e. The number of halogens is 2. The van der Waals surface area contributed by atoms with Crippen LogP contribution < -0.4 is 0 Å². The summed E-state index contributed by atoms with van der Waals surface area (Å²) in [7, 11) is 0. The molecule has 0 aliphatic heterocycles. The predicted octanol–water partition coefficient (Wildman–Crippen LogP) is 1.30. The summed E-state index contributed by atoms with van der Waals surface area (Å²) >= 11 is 0. The molecular formula is C10H8F2N4O2. The lowest BCUT2D eigenvalue weighted by Crippen LogP contribution is -2.11. The SMILES string of the molecule is O=C(O)c1nnn(CC(F)F)c1-c1ccccn1. The van der Waals surface area contributed by atoms with Crippen molar-refractivity contribution in [2.45, 2.75) is 13.0 Å². The van der Waals surface area contributed by atoms with Crippen molar-refractivity contribution in [3.8, 4) is 11.4 Å². The minimum atomic E-state index is -2.66. The molecule has 0 aliphatic rings. The summed E-state index contributed by atoms with van der Waals surface area (Å²) in [6.45, 7) is -0.730. The fourth-order valence-electron chi connectivity index (χ4n) is 1.47. The van der Waals surface area contributed by atoms with E-state index in [1.807, 2.05) is 0 Å². The second kappa shape index (κ2) is 4.86. The topological polar surface area (TPSA) is 80.9 Å². The first kappa shape index (κ1) is 12.1.